The molecule has 0 N–H and O–H groups in total. The van der Waals surface area contributed by atoms with Crippen molar-refractivity contribution in [2.75, 3.05) is 0 Å². The third-order valence-corrected chi connectivity index (χ3v) is 1.73. The fourth-order valence-electron chi connectivity index (χ4n) is 1.10. The topological polar surface area (TPSA) is 0 Å². The molecule has 0 amide bonds. The Balaban J connectivity index is 3.21. The molecular weight excluding hydrogens is 120 g/mol. The molecule has 10 heavy (non-hydrogen) atoms. The van der Waals surface area contributed by atoms with Gasteiger partial charge in [-0.3, -0.25) is 0 Å². The fraction of sp³-hybridized carbons (Fsp3) is 0.800. The van der Waals surface area contributed by atoms with E-state index in [1.807, 2.05) is 0 Å². The van der Waals surface area contributed by atoms with Crippen LogP contribution in [-0.4, -0.2) is 0 Å². The molecule has 0 fully saturated rings. The predicted octanol–water partition coefficient (Wildman–Crippen LogP) is 3.92. The molecule has 0 heteroatoms. The maximum Gasteiger partial charge on any atom is -0.0323 e. The van der Waals surface area contributed by atoms with Gasteiger partial charge in [-0.25, -0.2) is 0 Å². The van der Waals surface area contributed by atoms with Crippen LogP contribution in [0.2, 0.25) is 0 Å². The lowest BCUT2D eigenvalue weighted by molar-refractivity contribution is 0.711. The number of rotatable bonds is 5. The van der Waals surface area contributed by atoms with Crippen LogP contribution in [-0.2, 0) is 0 Å². The first-order valence-corrected chi connectivity index (χ1v) is 4.46. The van der Waals surface area contributed by atoms with Crippen molar-refractivity contribution in [2.24, 2.45) is 0 Å². The molecule has 0 aliphatic carbocycles. The predicted molar refractivity (Wildman–Crippen MR) is 48.2 cm³/mol. The van der Waals surface area contributed by atoms with Gasteiger partial charge >= 0.3 is 0 Å². The number of unbranched alkanes of at least 4 members (excludes halogenated alkanes) is 2. The Morgan fingerprint density at radius 2 is 1.90 bits per heavy atom. The molecule has 0 spiro atoms. The maximum atomic E-state index is 2.33. The van der Waals surface area contributed by atoms with E-state index >= 15 is 0 Å². The van der Waals surface area contributed by atoms with E-state index in [-0.39, 0.29) is 0 Å². The highest BCUT2D eigenvalue weighted by Crippen LogP contribution is 2.08. The van der Waals surface area contributed by atoms with Crippen LogP contribution in [0.4, 0.5) is 0 Å². The first kappa shape index (κ1) is 9.74. The maximum absolute atomic E-state index is 2.33. The minimum atomic E-state index is 1.19. The molecule has 0 nitrogen and oxygen atoms in total. The monoisotopic (exact) mass is 140 g/mol. The van der Waals surface area contributed by atoms with Crippen molar-refractivity contribution >= 4 is 0 Å². The van der Waals surface area contributed by atoms with Gasteiger partial charge in [0.1, 0.15) is 0 Å². The van der Waals surface area contributed by atoms with Crippen molar-refractivity contribution in [1.82, 2.24) is 0 Å². The zero-order valence-corrected chi connectivity index (χ0v) is 7.61. The molecule has 0 heterocycles. The van der Waals surface area contributed by atoms with Gasteiger partial charge in [0, 0.05) is 0 Å². The lowest BCUT2D eigenvalue weighted by atomic mass is 10.1. The van der Waals surface area contributed by atoms with Gasteiger partial charge in [0.15, 0.2) is 0 Å². The summed E-state index contributed by atoms with van der Waals surface area (Å²) in [6.45, 7) is 6.68. The molecule has 0 rings (SSSR count). The molecule has 0 aromatic carbocycles. The van der Waals surface area contributed by atoms with E-state index in [1.54, 1.807) is 5.57 Å². The summed E-state index contributed by atoms with van der Waals surface area (Å²) in [5.74, 6) is 0. The summed E-state index contributed by atoms with van der Waals surface area (Å²) >= 11 is 0. The molecule has 0 radical (unpaired) electrons. The third kappa shape index (κ3) is 5.87. The van der Waals surface area contributed by atoms with E-state index in [2.05, 4.69) is 26.8 Å². The van der Waals surface area contributed by atoms with Crippen molar-refractivity contribution in [3.05, 3.63) is 11.6 Å². The van der Waals surface area contributed by atoms with Gasteiger partial charge in [-0.2, -0.15) is 0 Å². The zero-order valence-electron chi connectivity index (χ0n) is 7.61. The zero-order chi connectivity index (χ0) is 7.82. The SMILES string of the molecule is CC/C=C(/C)CCCCC. The van der Waals surface area contributed by atoms with E-state index in [0.29, 0.717) is 0 Å². The average Bonchev–Trinajstić information content (AvgIpc) is 1.89. The van der Waals surface area contributed by atoms with Gasteiger partial charge in [0.25, 0.3) is 0 Å². The molecule has 0 saturated heterocycles. The van der Waals surface area contributed by atoms with Crippen LogP contribution < -0.4 is 0 Å². The minimum absolute atomic E-state index is 1.19. The van der Waals surface area contributed by atoms with Crippen molar-refractivity contribution in [3.63, 3.8) is 0 Å². The molecule has 0 saturated carbocycles. The second-order valence-electron chi connectivity index (χ2n) is 2.92. The van der Waals surface area contributed by atoms with Crippen molar-refractivity contribution in [1.29, 1.82) is 0 Å². The molecule has 0 aliphatic heterocycles. The lowest BCUT2D eigenvalue weighted by Crippen LogP contribution is -1.77. The second kappa shape index (κ2) is 6.85. The Bertz CT molecular complexity index is 90.2. The lowest BCUT2D eigenvalue weighted by Gasteiger charge is -1.98. The summed E-state index contributed by atoms with van der Waals surface area (Å²) in [6, 6.07) is 0. The highest BCUT2D eigenvalue weighted by molar-refractivity contribution is 4.96. The van der Waals surface area contributed by atoms with Gasteiger partial charge < -0.3 is 0 Å². The Hall–Kier alpha value is -0.260. The summed E-state index contributed by atoms with van der Waals surface area (Å²) in [5.41, 5.74) is 1.57. The van der Waals surface area contributed by atoms with Crippen LogP contribution in [0.3, 0.4) is 0 Å². The highest BCUT2D eigenvalue weighted by atomic mass is 13.9. The van der Waals surface area contributed by atoms with E-state index in [1.165, 1.54) is 32.1 Å². The Morgan fingerprint density at radius 1 is 1.20 bits per heavy atom. The van der Waals surface area contributed by atoms with Crippen molar-refractivity contribution in [3.8, 4) is 0 Å². The molecule has 0 bridgehead atoms. The van der Waals surface area contributed by atoms with Crippen LogP contribution in [0, 0.1) is 0 Å². The summed E-state index contributed by atoms with van der Waals surface area (Å²) in [7, 11) is 0. The first-order chi connectivity index (χ1) is 4.81. The summed E-state index contributed by atoms with van der Waals surface area (Å²) in [5, 5.41) is 0. The van der Waals surface area contributed by atoms with Crippen LogP contribution in [0.5, 0.6) is 0 Å². The van der Waals surface area contributed by atoms with Crippen LogP contribution in [0.1, 0.15) is 52.9 Å². The van der Waals surface area contributed by atoms with Gasteiger partial charge in [-0.05, 0) is 26.2 Å². The third-order valence-electron chi connectivity index (χ3n) is 1.73. The van der Waals surface area contributed by atoms with Crippen LogP contribution in [0.25, 0.3) is 0 Å². The first-order valence-electron chi connectivity index (χ1n) is 4.46. The molecule has 0 atom stereocenters. The van der Waals surface area contributed by atoms with Crippen LogP contribution >= 0.6 is 0 Å². The molecule has 0 aromatic rings. The van der Waals surface area contributed by atoms with Crippen LogP contribution in [0.15, 0.2) is 11.6 Å². The minimum Gasteiger partial charge on any atom is -0.0859 e. The fourth-order valence-corrected chi connectivity index (χ4v) is 1.10. The number of hydrogen-bond acceptors (Lipinski definition) is 0. The highest BCUT2D eigenvalue weighted by Gasteiger charge is 1.87. The van der Waals surface area contributed by atoms with E-state index < -0.39 is 0 Å². The normalized spacial score (nSPS) is 12.1. The molecule has 0 aliphatic rings. The Kier molecular flexibility index (Phi) is 6.68. The smallest absolute Gasteiger partial charge is 0.0323 e. The van der Waals surface area contributed by atoms with Gasteiger partial charge in [-0.15, -0.1) is 0 Å². The van der Waals surface area contributed by atoms with E-state index in [4.69, 9.17) is 0 Å². The standard InChI is InChI=1S/C10H20/c1-4-6-7-9-10(3)8-5-2/h8H,4-7,9H2,1-3H3/b10-8-. The largest absolute Gasteiger partial charge is 0.0859 e. The number of hydrogen-bond donors (Lipinski definition) is 0. The molecule has 0 unspecified atom stereocenters. The Labute approximate surface area is 65.3 Å². The van der Waals surface area contributed by atoms with E-state index in [0.717, 1.165) is 0 Å². The molecule has 60 valence electrons. The van der Waals surface area contributed by atoms with Gasteiger partial charge in [-0.1, -0.05) is 38.3 Å². The second-order valence-corrected chi connectivity index (χ2v) is 2.92. The van der Waals surface area contributed by atoms with Gasteiger partial charge in [0.2, 0.25) is 0 Å². The Morgan fingerprint density at radius 3 is 2.40 bits per heavy atom. The van der Waals surface area contributed by atoms with E-state index in [9.17, 15) is 0 Å². The molecule has 0 aromatic heterocycles. The van der Waals surface area contributed by atoms with Crippen molar-refractivity contribution < 1.29 is 0 Å². The molecular formula is C10H20. The average molecular weight is 140 g/mol. The summed E-state index contributed by atoms with van der Waals surface area (Å²) in [6.07, 6.45) is 8.92. The number of allylic oxidation sites excluding steroid dienone is 2. The van der Waals surface area contributed by atoms with Gasteiger partial charge in [0.05, 0.1) is 0 Å². The summed E-state index contributed by atoms with van der Waals surface area (Å²) < 4.78 is 0. The van der Waals surface area contributed by atoms with Crippen molar-refractivity contribution in [2.45, 2.75) is 52.9 Å². The quantitative estimate of drug-likeness (QED) is 0.401. The summed E-state index contributed by atoms with van der Waals surface area (Å²) in [4.78, 5) is 0.